The van der Waals surface area contributed by atoms with Gasteiger partial charge in [-0.15, -0.1) is 0 Å². The van der Waals surface area contributed by atoms with Gasteiger partial charge in [-0.2, -0.15) is 4.31 Å². The highest BCUT2D eigenvalue weighted by Gasteiger charge is 2.34. The van der Waals surface area contributed by atoms with E-state index in [0.717, 1.165) is 5.56 Å². The number of carbonyl (C=O) groups excluding carboxylic acids is 1. The zero-order valence-electron chi connectivity index (χ0n) is 23.1. The van der Waals surface area contributed by atoms with E-state index in [1.54, 1.807) is 42.5 Å². The van der Waals surface area contributed by atoms with E-state index in [0.29, 0.717) is 42.3 Å². The lowest BCUT2D eigenvalue weighted by Gasteiger charge is -2.35. The number of carbonyl (C=O) groups is 1. The second kappa shape index (κ2) is 13.3. The zero-order valence-corrected chi connectivity index (χ0v) is 24.7. The van der Waals surface area contributed by atoms with Crippen molar-refractivity contribution in [1.29, 1.82) is 0 Å². The van der Waals surface area contributed by atoms with Crippen LogP contribution < -0.4 is 10.6 Å². The maximum Gasteiger partial charge on any atom is 0.243 e. The molecule has 0 aliphatic carbocycles. The molecule has 1 saturated heterocycles. The minimum Gasteiger partial charge on any atom is -0.325 e. The van der Waals surface area contributed by atoms with Crippen molar-refractivity contribution in [3.63, 3.8) is 0 Å². The Kier molecular flexibility index (Phi) is 10.0. The number of sulfonamides is 1. The predicted molar refractivity (Wildman–Crippen MR) is 159 cm³/mol. The van der Waals surface area contributed by atoms with Crippen molar-refractivity contribution in [3.8, 4) is 0 Å². The molecule has 2 N–H and O–H groups in total. The van der Waals surface area contributed by atoms with Crippen molar-refractivity contribution >= 4 is 33.2 Å². The average Bonchev–Trinajstić information content (AvgIpc) is 2.94. The molecule has 6 nitrogen and oxygen atoms in total. The van der Waals surface area contributed by atoms with Crippen LogP contribution in [0.25, 0.3) is 0 Å². The van der Waals surface area contributed by atoms with Crippen LogP contribution in [0.5, 0.6) is 0 Å². The molecule has 0 aromatic heterocycles. The molecule has 1 heterocycles. The van der Waals surface area contributed by atoms with Crippen LogP contribution in [0, 0.1) is 17.7 Å². The lowest BCUT2D eigenvalue weighted by molar-refractivity contribution is -0.120. The fourth-order valence-electron chi connectivity index (χ4n) is 5.62. The van der Waals surface area contributed by atoms with E-state index in [9.17, 15) is 13.2 Å². The Morgan fingerprint density at radius 1 is 1.05 bits per heavy atom. The van der Waals surface area contributed by atoms with Gasteiger partial charge < -0.3 is 10.6 Å². The molecule has 0 saturated carbocycles. The molecule has 1 aliphatic heterocycles. The summed E-state index contributed by atoms with van der Waals surface area (Å²) in [5.74, 6) is -0.881. The topological polar surface area (TPSA) is 78.5 Å². The van der Waals surface area contributed by atoms with Crippen molar-refractivity contribution in [2.24, 2.45) is 11.8 Å². The SMILES string of the molecule is CC(C)C(c1ccc(Cl)cc1)[C@H](C)C(=O)Nc1cccc(F)c1CC[C@H]1CNCCN1S(=O)(=O)c1ccccc1. The number of nitrogens with zero attached hydrogens (tertiary/aromatic N) is 1. The van der Waals surface area contributed by atoms with Crippen LogP contribution in [0.3, 0.4) is 0 Å². The summed E-state index contributed by atoms with van der Waals surface area (Å²) in [5.41, 5.74) is 1.81. The Morgan fingerprint density at radius 2 is 1.75 bits per heavy atom. The van der Waals surface area contributed by atoms with Crippen molar-refractivity contribution in [2.75, 3.05) is 25.0 Å². The molecule has 1 unspecified atom stereocenters. The number of halogens is 2. The normalized spacial score (nSPS) is 17.9. The molecule has 1 amide bonds. The first kappa shape index (κ1) is 30.2. The molecule has 3 aromatic rings. The number of benzene rings is 3. The van der Waals surface area contributed by atoms with Gasteiger partial charge in [0.2, 0.25) is 15.9 Å². The van der Waals surface area contributed by atoms with Gasteiger partial charge in [-0.3, -0.25) is 4.79 Å². The number of hydrogen-bond acceptors (Lipinski definition) is 4. The van der Waals surface area contributed by atoms with Gasteiger partial charge in [0.15, 0.2) is 0 Å². The fraction of sp³-hybridized carbons (Fsp3) is 0.387. The molecule has 40 heavy (non-hydrogen) atoms. The minimum absolute atomic E-state index is 0.0562. The summed E-state index contributed by atoms with van der Waals surface area (Å²) in [4.78, 5) is 13.7. The van der Waals surface area contributed by atoms with Crippen LogP contribution in [0.1, 0.15) is 44.2 Å². The smallest absolute Gasteiger partial charge is 0.243 e. The summed E-state index contributed by atoms with van der Waals surface area (Å²) in [6.07, 6.45) is 0.673. The van der Waals surface area contributed by atoms with E-state index in [1.165, 1.54) is 10.4 Å². The van der Waals surface area contributed by atoms with Gasteiger partial charge in [-0.25, -0.2) is 12.8 Å². The van der Waals surface area contributed by atoms with Gasteiger partial charge in [-0.05, 0) is 66.6 Å². The molecule has 0 bridgehead atoms. The van der Waals surface area contributed by atoms with Gasteiger partial charge in [0, 0.05) is 47.9 Å². The second-order valence-electron chi connectivity index (χ2n) is 10.7. The molecule has 3 aromatic carbocycles. The molecule has 3 atom stereocenters. The molecule has 214 valence electrons. The standard InChI is InChI=1S/C31H37ClFN3O3S/c1-21(2)30(23-12-14-24(32)15-13-23)22(3)31(37)35-29-11-7-10-28(33)27(29)17-16-25-20-34-18-19-36(25)40(38,39)26-8-5-4-6-9-26/h4-15,21-22,25,30,34H,16-20H2,1-3H3,(H,35,37)/t22-,25-,30?/m0/s1. The fourth-order valence-corrected chi connectivity index (χ4v) is 7.42. The first-order chi connectivity index (χ1) is 19.1. The number of rotatable bonds is 10. The van der Waals surface area contributed by atoms with Gasteiger partial charge >= 0.3 is 0 Å². The van der Waals surface area contributed by atoms with Crippen molar-refractivity contribution in [1.82, 2.24) is 9.62 Å². The molecule has 1 fully saturated rings. The Bertz CT molecular complexity index is 1400. The Labute approximate surface area is 242 Å². The van der Waals surface area contributed by atoms with E-state index in [1.807, 2.05) is 31.2 Å². The van der Waals surface area contributed by atoms with Gasteiger partial charge in [0.25, 0.3) is 0 Å². The number of amides is 1. The lowest BCUT2D eigenvalue weighted by atomic mass is 9.78. The summed E-state index contributed by atoms with van der Waals surface area (Å²) in [6.45, 7) is 7.38. The maximum atomic E-state index is 15.1. The molecular formula is C31H37ClFN3O3S. The van der Waals surface area contributed by atoms with Crippen LogP contribution >= 0.6 is 11.6 Å². The third-order valence-electron chi connectivity index (χ3n) is 7.68. The summed E-state index contributed by atoms with van der Waals surface area (Å²) in [5, 5.41) is 6.87. The molecule has 0 radical (unpaired) electrons. The molecule has 4 rings (SSSR count). The largest absolute Gasteiger partial charge is 0.325 e. The van der Waals surface area contributed by atoms with Gasteiger partial charge in [-0.1, -0.05) is 68.8 Å². The Morgan fingerprint density at radius 3 is 2.42 bits per heavy atom. The monoisotopic (exact) mass is 585 g/mol. The number of nitrogens with one attached hydrogen (secondary N) is 2. The van der Waals surface area contributed by atoms with Crippen LogP contribution in [-0.2, 0) is 21.2 Å². The number of anilines is 1. The maximum absolute atomic E-state index is 15.1. The first-order valence-corrected chi connectivity index (χ1v) is 15.5. The third-order valence-corrected chi connectivity index (χ3v) is 9.89. The van der Waals surface area contributed by atoms with E-state index < -0.39 is 15.8 Å². The highest BCUT2D eigenvalue weighted by atomic mass is 35.5. The summed E-state index contributed by atoms with van der Waals surface area (Å²) in [7, 11) is -3.69. The van der Waals surface area contributed by atoms with Gasteiger partial charge in [0.1, 0.15) is 5.82 Å². The van der Waals surface area contributed by atoms with Crippen LogP contribution in [-0.4, -0.2) is 44.3 Å². The third kappa shape index (κ3) is 6.92. The van der Waals surface area contributed by atoms with Crippen molar-refractivity contribution < 1.29 is 17.6 Å². The van der Waals surface area contributed by atoms with Crippen molar-refractivity contribution in [2.45, 2.75) is 50.5 Å². The van der Waals surface area contributed by atoms with Gasteiger partial charge in [0.05, 0.1) is 4.90 Å². The van der Waals surface area contributed by atoms with E-state index in [2.05, 4.69) is 24.5 Å². The van der Waals surface area contributed by atoms with E-state index in [-0.39, 0.29) is 41.0 Å². The average molecular weight is 586 g/mol. The quantitative estimate of drug-likeness (QED) is 0.302. The highest BCUT2D eigenvalue weighted by Crippen LogP contribution is 2.34. The number of hydrogen-bond donors (Lipinski definition) is 2. The Balaban J connectivity index is 1.51. The lowest BCUT2D eigenvalue weighted by Crippen LogP contribution is -2.53. The zero-order chi connectivity index (χ0) is 28.9. The summed E-state index contributed by atoms with van der Waals surface area (Å²) >= 11 is 6.07. The molecule has 1 aliphatic rings. The highest BCUT2D eigenvalue weighted by molar-refractivity contribution is 7.89. The predicted octanol–water partition coefficient (Wildman–Crippen LogP) is 6.09. The van der Waals surface area contributed by atoms with E-state index in [4.69, 9.17) is 11.6 Å². The molecular weight excluding hydrogens is 549 g/mol. The first-order valence-electron chi connectivity index (χ1n) is 13.7. The molecule has 0 spiro atoms. The van der Waals surface area contributed by atoms with Crippen LogP contribution in [0.15, 0.2) is 77.7 Å². The van der Waals surface area contributed by atoms with Crippen molar-refractivity contribution in [3.05, 3.63) is 94.8 Å². The van der Waals surface area contributed by atoms with Crippen LogP contribution in [0.2, 0.25) is 5.02 Å². The summed E-state index contributed by atoms with van der Waals surface area (Å²) in [6, 6.07) is 20.2. The second-order valence-corrected chi connectivity index (χ2v) is 13.0. The molecule has 9 heteroatoms. The van der Waals surface area contributed by atoms with E-state index >= 15 is 4.39 Å². The minimum atomic E-state index is -3.69. The number of piperazine rings is 1. The Hall–Kier alpha value is -2.78. The van der Waals surface area contributed by atoms with Crippen LogP contribution in [0.4, 0.5) is 10.1 Å². The summed E-state index contributed by atoms with van der Waals surface area (Å²) < 4.78 is 43.4.